The fourth-order valence-electron chi connectivity index (χ4n) is 7.26. The quantitative estimate of drug-likeness (QED) is 0.649. The number of hydrogen-bond acceptors (Lipinski definition) is 3. The van der Waals surface area contributed by atoms with Crippen molar-refractivity contribution in [3.8, 4) is 0 Å². The van der Waals surface area contributed by atoms with Gasteiger partial charge in [-0.1, -0.05) is 13.5 Å². The van der Waals surface area contributed by atoms with Gasteiger partial charge in [-0.15, -0.1) is 0 Å². The fourth-order valence-corrected chi connectivity index (χ4v) is 7.26. The van der Waals surface area contributed by atoms with Gasteiger partial charge < -0.3 is 15.3 Å². The minimum absolute atomic E-state index is 0.120. The zero-order chi connectivity index (χ0) is 16.6. The molecule has 0 amide bonds. The average Bonchev–Trinajstić information content (AvgIpc) is 2.66. The molecule has 2 bridgehead atoms. The summed E-state index contributed by atoms with van der Waals surface area (Å²) >= 11 is 0. The molecule has 1 spiro atoms. The van der Waals surface area contributed by atoms with Crippen LogP contribution in [0.15, 0.2) is 12.2 Å². The Labute approximate surface area is 137 Å². The van der Waals surface area contributed by atoms with Crippen LogP contribution in [-0.2, 0) is 4.79 Å². The lowest BCUT2D eigenvalue weighted by atomic mass is 9.43. The summed E-state index contributed by atoms with van der Waals surface area (Å²) in [6, 6.07) is 0. The van der Waals surface area contributed by atoms with Gasteiger partial charge in [0.15, 0.2) is 0 Å². The molecule has 23 heavy (non-hydrogen) atoms. The highest BCUT2D eigenvalue weighted by Gasteiger charge is 2.66. The van der Waals surface area contributed by atoms with Crippen LogP contribution in [0.25, 0.3) is 0 Å². The smallest absolute Gasteiger partial charge is 0.306 e. The average molecular weight is 320 g/mol. The van der Waals surface area contributed by atoms with Crippen molar-refractivity contribution in [2.24, 2.45) is 34.5 Å². The lowest BCUT2D eigenvalue weighted by molar-refractivity contribution is -0.184. The second-order valence-corrected chi connectivity index (χ2v) is 8.93. The van der Waals surface area contributed by atoms with Gasteiger partial charge in [0.25, 0.3) is 0 Å². The molecule has 4 aliphatic carbocycles. The Morgan fingerprint density at radius 3 is 2.65 bits per heavy atom. The van der Waals surface area contributed by atoms with Crippen LogP contribution in [0.5, 0.6) is 0 Å². The molecular formula is C19H28O4. The van der Waals surface area contributed by atoms with Crippen molar-refractivity contribution in [2.75, 3.05) is 0 Å². The van der Waals surface area contributed by atoms with Crippen molar-refractivity contribution in [3.05, 3.63) is 12.2 Å². The van der Waals surface area contributed by atoms with Crippen LogP contribution in [0, 0.1) is 34.5 Å². The lowest BCUT2D eigenvalue weighted by Gasteiger charge is -2.62. The molecule has 8 atom stereocenters. The summed E-state index contributed by atoms with van der Waals surface area (Å²) in [6.45, 7) is 6.35. The maximum Gasteiger partial charge on any atom is 0.306 e. The summed E-state index contributed by atoms with van der Waals surface area (Å²) < 4.78 is 0. The van der Waals surface area contributed by atoms with Crippen LogP contribution >= 0.6 is 0 Å². The third-order valence-corrected chi connectivity index (χ3v) is 8.11. The number of hydrogen-bond donors (Lipinski definition) is 3. The van der Waals surface area contributed by atoms with E-state index < -0.39 is 24.1 Å². The molecule has 0 aromatic carbocycles. The molecule has 4 rings (SSSR count). The van der Waals surface area contributed by atoms with E-state index in [1.165, 1.54) is 0 Å². The molecule has 0 heterocycles. The van der Waals surface area contributed by atoms with Crippen LogP contribution in [0.2, 0.25) is 0 Å². The number of rotatable bonds is 1. The third-order valence-electron chi connectivity index (χ3n) is 8.11. The normalized spacial score (nSPS) is 55.2. The van der Waals surface area contributed by atoms with Crippen molar-refractivity contribution >= 4 is 5.97 Å². The van der Waals surface area contributed by atoms with Crippen LogP contribution in [0.1, 0.15) is 51.9 Å². The van der Waals surface area contributed by atoms with E-state index in [1.807, 2.05) is 0 Å². The summed E-state index contributed by atoms with van der Waals surface area (Å²) in [6.07, 6.45) is 4.94. The molecule has 0 aromatic heterocycles. The van der Waals surface area contributed by atoms with Gasteiger partial charge in [-0.3, -0.25) is 4.79 Å². The van der Waals surface area contributed by atoms with E-state index in [9.17, 15) is 20.1 Å². The Morgan fingerprint density at radius 1 is 1.22 bits per heavy atom. The zero-order valence-corrected chi connectivity index (χ0v) is 13.9. The maximum atomic E-state index is 11.8. The number of aliphatic carboxylic acids is 1. The van der Waals surface area contributed by atoms with Gasteiger partial charge >= 0.3 is 5.97 Å². The predicted molar refractivity (Wildman–Crippen MR) is 85.6 cm³/mol. The van der Waals surface area contributed by atoms with Crippen molar-refractivity contribution in [3.63, 3.8) is 0 Å². The van der Waals surface area contributed by atoms with Crippen LogP contribution in [-0.4, -0.2) is 33.5 Å². The van der Waals surface area contributed by atoms with Gasteiger partial charge in [0.05, 0.1) is 18.1 Å². The summed E-state index contributed by atoms with van der Waals surface area (Å²) in [5.41, 5.74) is 0.696. The van der Waals surface area contributed by atoms with Crippen LogP contribution < -0.4 is 0 Å². The Kier molecular flexibility index (Phi) is 3.28. The first-order chi connectivity index (χ1) is 10.8. The Morgan fingerprint density at radius 2 is 1.96 bits per heavy atom. The van der Waals surface area contributed by atoms with Gasteiger partial charge in [-0.25, -0.2) is 0 Å². The standard InChI is InChI=1S/C19H28O4/c1-10-11-3-4-15-18(2)9-12(20)7-13(17(22)23)14(18)5-6-19(15,8-11)16(10)21/h11-16,20-21H,1,3-9H2,2H3,(H,22,23)/t11-,12-,13-,14-,15+,16?,18-,19-/m1/s1. The highest BCUT2D eigenvalue weighted by atomic mass is 16.4. The molecule has 3 N–H and O–H groups in total. The minimum atomic E-state index is -0.763. The molecule has 0 aliphatic heterocycles. The highest BCUT2D eigenvalue weighted by Crippen LogP contribution is 2.70. The van der Waals surface area contributed by atoms with Crippen molar-refractivity contribution in [1.82, 2.24) is 0 Å². The van der Waals surface area contributed by atoms with Gasteiger partial charge in [-0.2, -0.15) is 0 Å². The predicted octanol–water partition coefficient (Wildman–Crippen LogP) is 2.59. The number of carboxylic acids is 1. The van der Waals surface area contributed by atoms with E-state index >= 15 is 0 Å². The minimum Gasteiger partial charge on any atom is -0.481 e. The van der Waals surface area contributed by atoms with E-state index in [4.69, 9.17) is 0 Å². The molecule has 4 nitrogen and oxygen atoms in total. The molecule has 1 unspecified atom stereocenters. The third kappa shape index (κ3) is 1.88. The summed E-state index contributed by atoms with van der Waals surface area (Å²) in [4.78, 5) is 11.8. The van der Waals surface area contributed by atoms with E-state index in [2.05, 4.69) is 13.5 Å². The van der Waals surface area contributed by atoms with Crippen molar-refractivity contribution < 1.29 is 20.1 Å². The van der Waals surface area contributed by atoms with Crippen LogP contribution in [0.3, 0.4) is 0 Å². The van der Waals surface area contributed by atoms with Gasteiger partial charge in [0, 0.05) is 5.41 Å². The topological polar surface area (TPSA) is 77.8 Å². The first kappa shape index (κ1) is 15.6. The SMILES string of the molecule is C=C1C(O)[C@@]23CC[C@@H]4[C@H](C(=O)O)C[C@@H](O)C[C@@]4(C)[C@@H]2CC[C@@H]1C3. The Hall–Kier alpha value is -0.870. The molecule has 4 aliphatic rings. The van der Waals surface area contributed by atoms with Gasteiger partial charge in [0.1, 0.15) is 0 Å². The van der Waals surface area contributed by atoms with Crippen LogP contribution in [0.4, 0.5) is 0 Å². The first-order valence-corrected chi connectivity index (χ1v) is 9.07. The molecular weight excluding hydrogens is 292 g/mol. The molecule has 0 radical (unpaired) electrons. The molecule has 0 aromatic rings. The molecule has 0 saturated heterocycles. The number of aliphatic hydroxyl groups is 2. The Balaban J connectivity index is 1.76. The highest BCUT2D eigenvalue weighted by molar-refractivity contribution is 5.71. The lowest BCUT2D eigenvalue weighted by Crippen LogP contribution is -2.59. The van der Waals surface area contributed by atoms with Crippen molar-refractivity contribution in [2.45, 2.75) is 64.1 Å². The number of carboxylic acid groups (broad SMARTS) is 1. The largest absolute Gasteiger partial charge is 0.481 e. The summed E-state index contributed by atoms with van der Waals surface area (Å²) in [7, 11) is 0. The van der Waals surface area contributed by atoms with E-state index in [0.29, 0.717) is 24.7 Å². The maximum absolute atomic E-state index is 11.8. The summed E-state index contributed by atoms with van der Waals surface area (Å²) in [5, 5.41) is 30.9. The van der Waals surface area contributed by atoms with E-state index in [0.717, 1.165) is 37.7 Å². The zero-order valence-electron chi connectivity index (χ0n) is 13.9. The number of fused-ring (bicyclic) bond motifs is 3. The van der Waals surface area contributed by atoms with E-state index in [-0.39, 0.29) is 16.7 Å². The van der Waals surface area contributed by atoms with Gasteiger partial charge in [-0.05, 0) is 73.7 Å². The second-order valence-electron chi connectivity index (χ2n) is 8.93. The molecule has 4 heteroatoms. The monoisotopic (exact) mass is 320 g/mol. The molecule has 4 fully saturated rings. The van der Waals surface area contributed by atoms with E-state index in [1.54, 1.807) is 0 Å². The second kappa shape index (κ2) is 4.82. The first-order valence-electron chi connectivity index (χ1n) is 9.07. The number of aliphatic hydroxyl groups excluding tert-OH is 2. The van der Waals surface area contributed by atoms with Crippen molar-refractivity contribution in [1.29, 1.82) is 0 Å². The van der Waals surface area contributed by atoms with Gasteiger partial charge in [0.2, 0.25) is 0 Å². The molecule has 4 saturated carbocycles. The number of carbonyl (C=O) groups is 1. The Bertz CT molecular complexity index is 558. The fraction of sp³-hybridized carbons (Fsp3) is 0.842. The molecule has 128 valence electrons. The summed E-state index contributed by atoms with van der Waals surface area (Å²) in [5.74, 6) is -0.348.